The highest BCUT2D eigenvalue weighted by atomic mass is 16.1. The van der Waals surface area contributed by atoms with Crippen LogP contribution in [0.2, 0.25) is 0 Å². The van der Waals surface area contributed by atoms with Crippen molar-refractivity contribution in [3.05, 3.63) is 23.8 Å². The Morgan fingerprint density at radius 2 is 1.67 bits per heavy atom. The maximum atomic E-state index is 11.6. The summed E-state index contributed by atoms with van der Waals surface area (Å²) in [4.78, 5) is 11.6. The quantitative estimate of drug-likeness (QED) is 0.465. The summed E-state index contributed by atoms with van der Waals surface area (Å²) in [6.07, 6.45) is 1.68. The van der Waals surface area contributed by atoms with Crippen LogP contribution in [0.5, 0.6) is 0 Å². The van der Waals surface area contributed by atoms with Gasteiger partial charge in [0.2, 0.25) is 0 Å². The summed E-state index contributed by atoms with van der Waals surface area (Å²) in [5, 5.41) is 0. The normalized spacial score (nSPS) is 10.8. The van der Waals surface area contributed by atoms with Gasteiger partial charge in [0.15, 0.2) is 5.78 Å². The summed E-state index contributed by atoms with van der Waals surface area (Å²) in [7, 11) is 0. The van der Waals surface area contributed by atoms with Gasteiger partial charge in [-0.25, -0.2) is 0 Å². The number of rotatable bonds is 3. The zero-order valence-electron chi connectivity index (χ0n) is 8.69. The Labute approximate surface area is 75.2 Å². The minimum Gasteiger partial charge on any atom is -0.294 e. The molecule has 0 saturated carbocycles. The van der Waals surface area contributed by atoms with Gasteiger partial charge >= 0.3 is 0 Å². The van der Waals surface area contributed by atoms with Crippen LogP contribution in [0.1, 0.15) is 34.6 Å². The lowest BCUT2D eigenvalue weighted by molar-refractivity contribution is -0.120. The largest absolute Gasteiger partial charge is 0.294 e. The molecular formula is C11H18O. The molecule has 1 heteroatoms. The van der Waals surface area contributed by atoms with E-state index < -0.39 is 5.41 Å². The second-order valence-corrected chi connectivity index (χ2v) is 3.99. The van der Waals surface area contributed by atoms with Crippen molar-refractivity contribution in [2.45, 2.75) is 34.6 Å². The Kier molecular flexibility index (Phi) is 3.44. The fourth-order valence-electron chi connectivity index (χ4n) is 0.653. The molecule has 0 aliphatic heterocycles. The van der Waals surface area contributed by atoms with Crippen LogP contribution in [-0.2, 0) is 4.79 Å². The average molecular weight is 166 g/mol. The van der Waals surface area contributed by atoms with E-state index in [2.05, 4.69) is 6.58 Å². The molecule has 0 rings (SSSR count). The molecule has 0 aromatic carbocycles. The van der Waals surface area contributed by atoms with E-state index in [9.17, 15) is 4.79 Å². The second-order valence-electron chi connectivity index (χ2n) is 3.99. The maximum Gasteiger partial charge on any atom is 0.165 e. The third kappa shape index (κ3) is 2.65. The van der Waals surface area contributed by atoms with Gasteiger partial charge in [0.05, 0.1) is 0 Å². The summed E-state index contributed by atoms with van der Waals surface area (Å²) >= 11 is 0. The summed E-state index contributed by atoms with van der Waals surface area (Å²) in [6.45, 7) is 13.3. The van der Waals surface area contributed by atoms with Crippen LogP contribution in [0.15, 0.2) is 23.8 Å². The number of carbonyl (C=O) groups is 1. The lowest BCUT2D eigenvalue weighted by atomic mass is 9.81. The maximum absolute atomic E-state index is 11.6. The van der Waals surface area contributed by atoms with Crippen molar-refractivity contribution in [2.75, 3.05) is 0 Å². The molecule has 0 saturated heterocycles. The molecule has 0 aromatic heterocycles. The number of hydrogen-bond donors (Lipinski definition) is 0. The van der Waals surface area contributed by atoms with Crippen molar-refractivity contribution in [2.24, 2.45) is 5.41 Å². The van der Waals surface area contributed by atoms with Gasteiger partial charge in [-0.3, -0.25) is 4.79 Å². The molecule has 0 aliphatic carbocycles. The van der Waals surface area contributed by atoms with E-state index in [1.807, 2.05) is 34.6 Å². The molecule has 12 heavy (non-hydrogen) atoms. The molecule has 0 unspecified atom stereocenters. The topological polar surface area (TPSA) is 17.1 Å². The highest BCUT2D eigenvalue weighted by Crippen LogP contribution is 2.26. The Morgan fingerprint density at radius 3 is 1.92 bits per heavy atom. The molecule has 0 atom stereocenters. The SMILES string of the molecule is C=C(C)C(C)(C)C(=O)C=C(C)C. The summed E-state index contributed by atoms with van der Waals surface area (Å²) < 4.78 is 0. The van der Waals surface area contributed by atoms with E-state index >= 15 is 0 Å². The fraction of sp³-hybridized carbons (Fsp3) is 0.545. The number of allylic oxidation sites excluding steroid dienone is 3. The van der Waals surface area contributed by atoms with Gasteiger partial charge in [0, 0.05) is 5.41 Å². The molecule has 68 valence electrons. The first-order valence-corrected chi connectivity index (χ1v) is 4.14. The second kappa shape index (κ2) is 3.70. The van der Waals surface area contributed by atoms with Crippen LogP contribution in [0.25, 0.3) is 0 Å². The van der Waals surface area contributed by atoms with Crippen LogP contribution in [0.4, 0.5) is 0 Å². The van der Waals surface area contributed by atoms with Gasteiger partial charge in [-0.05, 0) is 40.7 Å². The first-order valence-electron chi connectivity index (χ1n) is 4.14. The van der Waals surface area contributed by atoms with Crippen LogP contribution < -0.4 is 0 Å². The summed E-state index contributed by atoms with van der Waals surface area (Å²) in [6, 6.07) is 0. The van der Waals surface area contributed by atoms with Crippen LogP contribution in [0.3, 0.4) is 0 Å². The molecule has 0 aromatic rings. The highest BCUT2D eigenvalue weighted by molar-refractivity contribution is 5.96. The van der Waals surface area contributed by atoms with Gasteiger partial charge in [0.25, 0.3) is 0 Å². The van der Waals surface area contributed by atoms with E-state index in [1.54, 1.807) is 6.08 Å². The Morgan fingerprint density at radius 1 is 1.25 bits per heavy atom. The lowest BCUT2D eigenvalue weighted by Crippen LogP contribution is -2.23. The van der Waals surface area contributed by atoms with Crippen molar-refractivity contribution in [1.29, 1.82) is 0 Å². The minimum absolute atomic E-state index is 0.134. The summed E-state index contributed by atoms with van der Waals surface area (Å²) in [5.41, 5.74) is 1.52. The van der Waals surface area contributed by atoms with Gasteiger partial charge in [-0.1, -0.05) is 17.7 Å². The molecule has 0 amide bonds. The van der Waals surface area contributed by atoms with Crippen molar-refractivity contribution >= 4 is 5.78 Å². The zero-order chi connectivity index (χ0) is 9.94. The molecule has 0 N–H and O–H groups in total. The number of hydrogen-bond acceptors (Lipinski definition) is 1. The molecule has 0 fully saturated rings. The van der Waals surface area contributed by atoms with Crippen molar-refractivity contribution in [1.82, 2.24) is 0 Å². The Hall–Kier alpha value is -0.850. The molecule has 1 nitrogen and oxygen atoms in total. The number of carbonyl (C=O) groups excluding carboxylic acids is 1. The Bertz CT molecular complexity index is 227. The predicted molar refractivity (Wildman–Crippen MR) is 53.0 cm³/mol. The average Bonchev–Trinajstić information content (AvgIpc) is 1.85. The third-order valence-corrected chi connectivity index (χ3v) is 2.10. The molecule has 0 radical (unpaired) electrons. The van der Waals surface area contributed by atoms with Crippen LogP contribution in [0, 0.1) is 5.41 Å². The summed E-state index contributed by atoms with van der Waals surface area (Å²) in [5.74, 6) is 0.134. The highest BCUT2D eigenvalue weighted by Gasteiger charge is 2.25. The standard InChI is InChI=1S/C11H18O/c1-8(2)7-10(12)11(5,6)9(3)4/h7H,3H2,1-2,4-6H3. The van der Waals surface area contributed by atoms with Gasteiger partial charge in [0.1, 0.15) is 0 Å². The lowest BCUT2D eigenvalue weighted by Gasteiger charge is -2.21. The van der Waals surface area contributed by atoms with Crippen LogP contribution in [-0.4, -0.2) is 5.78 Å². The smallest absolute Gasteiger partial charge is 0.165 e. The van der Waals surface area contributed by atoms with Gasteiger partial charge in [-0.2, -0.15) is 0 Å². The van der Waals surface area contributed by atoms with Gasteiger partial charge < -0.3 is 0 Å². The van der Waals surface area contributed by atoms with E-state index in [1.165, 1.54) is 0 Å². The predicted octanol–water partition coefficient (Wildman–Crippen LogP) is 3.12. The third-order valence-electron chi connectivity index (χ3n) is 2.10. The van der Waals surface area contributed by atoms with Crippen molar-refractivity contribution < 1.29 is 4.79 Å². The van der Waals surface area contributed by atoms with Crippen molar-refractivity contribution in [3.63, 3.8) is 0 Å². The van der Waals surface area contributed by atoms with E-state index in [-0.39, 0.29) is 5.78 Å². The number of ketones is 1. The first-order chi connectivity index (χ1) is 5.28. The molecule has 0 spiro atoms. The van der Waals surface area contributed by atoms with Crippen LogP contribution >= 0.6 is 0 Å². The molecule has 0 bridgehead atoms. The van der Waals surface area contributed by atoms with E-state index in [0.717, 1.165) is 11.1 Å². The van der Waals surface area contributed by atoms with Crippen molar-refractivity contribution in [3.8, 4) is 0 Å². The monoisotopic (exact) mass is 166 g/mol. The molecule has 0 heterocycles. The molecular weight excluding hydrogens is 148 g/mol. The molecule has 0 aliphatic rings. The first kappa shape index (κ1) is 11.2. The zero-order valence-corrected chi connectivity index (χ0v) is 8.69. The van der Waals surface area contributed by atoms with Gasteiger partial charge in [-0.15, -0.1) is 0 Å². The fourth-order valence-corrected chi connectivity index (χ4v) is 0.653. The minimum atomic E-state index is -0.419. The van der Waals surface area contributed by atoms with E-state index in [0.29, 0.717) is 0 Å². The van der Waals surface area contributed by atoms with E-state index in [4.69, 9.17) is 0 Å². The Balaban J connectivity index is 4.70.